The third kappa shape index (κ3) is 5.18. The van der Waals surface area contributed by atoms with Gasteiger partial charge in [-0.05, 0) is 54.4 Å². The summed E-state index contributed by atoms with van der Waals surface area (Å²) in [7, 11) is -2.67. The van der Waals surface area contributed by atoms with Crippen molar-refractivity contribution in [2.24, 2.45) is 0 Å². The van der Waals surface area contributed by atoms with Crippen molar-refractivity contribution in [3.63, 3.8) is 0 Å². The molecule has 0 saturated carbocycles. The van der Waals surface area contributed by atoms with Gasteiger partial charge in [-0.1, -0.05) is 42.5 Å². The molecule has 7 nitrogen and oxygen atoms in total. The van der Waals surface area contributed by atoms with Gasteiger partial charge in [0.25, 0.3) is 10.0 Å². The van der Waals surface area contributed by atoms with Gasteiger partial charge in [-0.25, -0.2) is 12.4 Å². The first-order valence-electron chi connectivity index (χ1n) is 11.1. The average molecular weight is 533 g/mol. The zero-order valence-electron chi connectivity index (χ0n) is 19.7. The third-order valence-corrected chi connectivity index (χ3v) is 7.68. The maximum absolute atomic E-state index is 13.7. The number of benzene rings is 3. The molecular formula is C26H23F3N2O5S. The molecule has 2 N–H and O–H groups in total. The van der Waals surface area contributed by atoms with E-state index >= 15 is 0 Å². The quantitative estimate of drug-likeness (QED) is 0.359. The topological polar surface area (TPSA) is 97.6 Å². The molecule has 2 atom stereocenters. The Kier molecular flexibility index (Phi) is 7.03. The number of amides is 1. The lowest BCUT2D eigenvalue weighted by Crippen LogP contribution is -2.38. The highest BCUT2D eigenvalue weighted by Gasteiger charge is 2.39. The lowest BCUT2D eigenvalue weighted by atomic mass is 10.0. The van der Waals surface area contributed by atoms with Gasteiger partial charge in [0.15, 0.2) is 0 Å². The number of rotatable bonds is 7. The Morgan fingerprint density at radius 3 is 2.16 bits per heavy atom. The molecule has 37 heavy (non-hydrogen) atoms. The Morgan fingerprint density at radius 1 is 0.973 bits per heavy atom. The monoisotopic (exact) mass is 532 g/mol. The van der Waals surface area contributed by atoms with Gasteiger partial charge in [-0.3, -0.25) is 4.79 Å². The van der Waals surface area contributed by atoms with Crippen LogP contribution >= 0.6 is 0 Å². The fraction of sp³-hybridized carbons (Fsp3) is 0.192. The molecule has 0 saturated heterocycles. The van der Waals surface area contributed by atoms with Crippen molar-refractivity contribution in [1.82, 2.24) is 9.29 Å². The number of halogens is 3. The number of hydrogen-bond donors (Lipinski definition) is 2. The summed E-state index contributed by atoms with van der Waals surface area (Å²) in [6.45, 7) is 1.40. The van der Waals surface area contributed by atoms with Crippen molar-refractivity contribution in [3.05, 3.63) is 95.7 Å². The van der Waals surface area contributed by atoms with Crippen molar-refractivity contribution in [2.45, 2.75) is 30.1 Å². The van der Waals surface area contributed by atoms with E-state index < -0.39 is 34.3 Å². The Labute approximate surface area is 211 Å². The summed E-state index contributed by atoms with van der Waals surface area (Å²) < 4.78 is 71.2. The molecule has 1 heterocycles. The number of hydrogen-bond acceptors (Lipinski definition) is 5. The third-order valence-electron chi connectivity index (χ3n) is 5.93. The molecule has 1 unspecified atom stereocenters. The lowest BCUT2D eigenvalue weighted by molar-refractivity contribution is -0.174. The maximum Gasteiger partial charge on any atom is 0.471 e. The Bertz CT molecular complexity index is 1530. The minimum atomic E-state index is -5.01. The van der Waals surface area contributed by atoms with E-state index in [0.717, 1.165) is 3.97 Å². The van der Waals surface area contributed by atoms with Crippen molar-refractivity contribution in [1.29, 1.82) is 0 Å². The predicted molar refractivity (Wildman–Crippen MR) is 131 cm³/mol. The molecule has 0 aliphatic heterocycles. The van der Waals surface area contributed by atoms with E-state index in [9.17, 15) is 31.5 Å². The number of para-hydroxylation sites is 1. The van der Waals surface area contributed by atoms with Crippen LogP contribution in [0.15, 0.2) is 83.8 Å². The molecule has 0 fully saturated rings. The van der Waals surface area contributed by atoms with Crippen molar-refractivity contribution >= 4 is 26.8 Å². The molecule has 0 aliphatic rings. The van der Waals surface area contributed by atoms with Crippen LogP contribution in [0.3, 0.4) is 0 Å². The molecule has 0 bridgehead atoms. The number of aliphatic hydroxyl groups is 1. The van der Waals surface area contributed by atoms with Gasteiger partial charge in [-0.15, -0.1) is 0 Å². The largest absolute Gasteiger partial charge is 0.497 e. The van der Waals surface area contributed by atoms with Crippen LogP contribution in [0.25, 0.3) is 10.9 Å². The fourth-order valence-corrected chi connectivity index (χ4v) is 5.51. The van der Waals surface area contributed by atoms with Crippen LogP contribution in [0.5, 0.6) is 5.75 Å². The number of carbonyl (C=O) groups excluding carboxylic acids is 1. The average Bonchev–Trinajstić information content (AvgIpc) is 3.28. The normalized spacial score (nSPS) is 13.8. The minimum Gasteiger partial charge on any atom is -0.497 e. The van der Waals surface area contributed by atoms with Crippen LogP contribution in [-0.4, -0.2) is 36.7 Å². The molecule has 0 aliphatic carbocycles. The van der Waals surface area contributed by atoms with Crippen LogP contribution in [-0.2, 0) is 14.8 Å². The summed E-state index contributed by atoms with van der Waals surface area (Å²) in [5, 5.41) is 13.7. The van der Waals surface area contributed by atoms with E-state index in [1.54, 1.807) is 30.3 Å². The number of aromatic nitrogens is 1. The van der Waals surface area contributed by atoms with E-state index in [-0.39, 0.29) is 10.6 Å². The summed E-state index contributed by atoms with van der Waals surface area (Å²) in [5.74, 6) is -1.57. The van der Waals surface area contributed by atoms with E-state index in [1.165, 1.54) is 62.6 Å². The van der Waals surface area contributed by atoms with Gasteiger partial charge in [0.05, 0.1) is 29.3 Å². The predicted octanol–water partition coefficient (Wildman–Crippen LogP) is 4.71. The highest BCUT2D eigenvalue weighted by Crippen LogP contribution is 2.33. The molecule has 0 radical (unpaired) electrons. The molecule has 1 aromatic heterocycles. The van der Waals surface area contributed by atoms with E-state index in [2.05, 4.69) is 0 Å². The van der Waals surface area contributed by atoms with Gasteiger partial charge in [0.2, 0.25) is 0 Å². The van der Waals surface area contributed by atoms with E-state index in [0.29, 0.717) is 27.8 Å². The number of aliphatic hydroxyl groups excluding tert-OH is 1. The van der Waals surface area contributed by atoms with Gasteiger partial charge in [-0.2, -0.15) is 13.2 Å². The van der Waals surface area contributed by atoms with Crippen LogP contribution in [0.4, 0.5) is 13.2 Å². The van der Waals surface area contributed by atoms with Crippen molar-refractivity contribution in [3.8, 4) is 5.75 Å². The molecule has 4 rings (SSSR count). The number of ether oxygens (including phenoxy) is 1. The maximum atomic E-state index is 13.7. The standard InChI is InChI=1S/C26H23F3N2O5S/c1-16(30-25(33)26(27,28)29)17-7-9-18(10-8-17)24(32)23-15-19-5-3-4-6-22(19)31(23)37(34,35)21-13-11-20(36-2)12-14-21/h3-16,24,32H,1-2H3,(H,30,33)/t16-,24?/m0/s1. The molecule has 3 aromatic carbocycles. The van der Waals surface area contributed by atoms with E-state index in [4.69, 9.17) is 4.74 Å². The zero-order valence-corrected chi connectivity index (χ0v) is 20.5. The lowest BCUT2D eigenvalue weighted by Gasteiger charge is -2.18. The first-order valence-corrected chi connectivity index (χ1v) is 12.5. The van der Waals surface area contributed by atoms with Crippen LogP contribution < -0.4 is 10.1 Å². The molecule has 4 aromatic rings. The fourth-order valence-electron chi connectivity index (χ4n) is 3.96. The number of fused-ring (bicyclic) bond motifs is 1. The summed E-state index contributed by atoms with van der Waals surface area (Å²) in [5.41, 5.74) is 1.14. The highest BCUT2D eigenvalue weighted by molar-refractivity contribution is 7.90. The smallest absolute Gasteiger partial charge is 0.471 e. The molecule has 1 amide bonds. The number of carbonyl (C=O) groups is 1. The number of alkyl halides is 3. The second kappa shape index (κ2) is 9.91. The Balaban J connectivity index is 1.72. The Hall–Kier alpha value is -3.83. The van der Waals surface area contributed by atoms with Gasteiger partial charge >= 0.3 is 12.1 Å². The Morgan fingerprint density at radius 2 is 1.57 bits per heavy atom. The van der Waals surface area contributed by atoms with Gasteiger partial charge in [0.1, 0.15) is 11.9 Å². The summed E-state index contributed by atoms with van der Waals surface area (Å²) >= 11 is 0. The van der Waals surface area contributed by atoms with Gasteiger partial charge in [0, 0.05) is 5.39 Å². The summed E-state index contributed by atoms with van der Waals surface area (Å²) in [4.78, 5) is 11.2. The summed E-state index contributed by atoms with van der Waals surface area (Å²) in [6, 6.07) is 19.1. The second-order valence-corrected chi connectivity index (χ2v) is 10.1. The van der Waals surface area contributed by atoms with Crippen molar-refractivity contribution < 1.29 is 36.2 Å². The molecule has 194 valence electrons. The summed E-state index contributed by atoms with van der Waals surface area (Å²) in [6.07, 6.45) is -6.39. The highest BCUT2D eigenvalue weighted by atomic mass is 32.2. The number of nitrogens with zero attached hydrogens (tertiary/aromatic N) is 1. The SMILES string of the molecule is COc1ccc(S(=O)(=O)n2c(C(O)c3ccc([C@H](C)NC(=O)C(F)(F)F)cc3)cc3ccccc32)cc1. The second-order valence-electron chi connectivity index (χ2n) is 8.34. The number of methoxy groups -OCH3 is 1. The number of nitrogens with one attached hydrogen (secondary N) is 1. The first-order chi connectivity index (χ1) is 17.4. The van der Waals surface area contributed by atoms with Gasteiger partial charge < -0.3 is 15.2 Å². The van der Waals surface area contributed by atoms with Crippen molar-refractivity contribution in [2.75, 3.05) is 7.11 Å². The van der Waals surface area contributed by atoms with Crippen LogP contribution in [0.1, 0.15) is 35.9 Å². The molecule has 0 spiro atoms. The van der Waals surface area contributed by atoms with Crippen LogP contribution in [0.2, 0.25) is 0 Å². The molecular weight excluding hydrogens is 509 g/mol. The van der Waals surface area contributed by atoms with E-state index in [1.807, 2.05) is 5.32 Å². The minimum absolute atomic E-state index is 0.00678. The van der Waals surface area contributed by atoms with Crippen LogP contribution in [0, 0.1) is 0 Å². The first kappa shape index (κ1) is 26.2. The zero-order chi connectivity index (χ0) is 27.0. The molecule has 11 heteroatoms.